The summed E-state index contributed by atoms with van der Waals surface area (Å²) in [7, 11) is -3.65. The molecule has 0 bridgehead atoms. The maximum atomic E-state index is 12.4. The minimum absolute atomic E-state index is 0.0868. The number of sulfonamides is 1. The predicted molar refractivity (Wildman–Crippen MR) is 72.2 cm³/mol. The lowest BCUT2D eigenvalue weighted by Gasteiger charge is -2.19. The molecule has 0 aliphatic carbocycles. The zero-order valence-corrected chi connectivity index (χ0v) is 11.7. The smallest absolute Gasteiger partial charge is 0.243 e. The van der Waals surface area contributed by atoms with Crippen molar-refractivity contribution in [2.75, 3.05) is 25.4 Å². The molecule has 3 N–H and O–H groups in total. The summed E-state index contributed by atoms with van der Waals surface area (Å²) in [5.74, 6) is -0.145. The molecule has 1 aliphatic rings. The van der Waals surface area contributed by atoms with Crippen molar-refractivity contribution < 1.29 is 13.2 Å². The Bertz CT molecular complexity index is 603. The van der Waals surface area contributed by atoms with Crippen molar-refractivity contribution in [3.8, 4) is 0 Å². The van der Waals surface area contributed by atoms with E-state index in [1.165, 1.54) is 22.5 Å². The lowest BCUT2D eigenvalue weighted by Crippen LogP contribution is -2.34. The van der Waals surface area contributed by atoms with Gasteiger partial charge in [0.2, 0.25) is 15.9 Å². The van der Waals surface area contributed by atoms with Crippen molar-refractivity contribution >= 4 is 33.2 Å². The number of nitrogen functional groups attached to an aromatic ring is 1. The summed E-state index contributed by atoms with van der Waals surface area (Å²) in [6.45, 7) is 0.717. The Morgan fingerprint density at radius 3 is 2.74 bits per heavy atom. The van der Waals surface area contributed by atoms with Gasteiger partial charge in [0.25, 0.3) is 0 Å². The minimum atomic E-state index is -3.65. The number of benzene rings is 1. The van der Waals surface area contributed by atoms with Gasteiger partial charge in [0.05, 0.1) is 15.6 Å². The number of hydrogen-bond acceptors (Lipinski definition) is 4. The van der Waals surface area contributed by atoms with E-state index in [0.717, 1.165) is 0 Å². The van der Waals surface area contributed by atoms with E-state index in [1.807, 2.05) is 0 Å². The number of carbonyl (C=O) groups excluding carboxylic acids is 1. The minimum Gasteiger partial charge on any atom is -0.397 e. The Balaban J connectivity index is 2.30. The molecule has 1 aromatic carbocycles. The molecule has 0 saturated carbocycles. The number of halogens is 1. The molecule has 0 radical (unpaired) electrons. The van der Waals surface area contributed by atoms with Crippen molar-refractivity contribution in [1.29, 1.82) is 0 Å². The SMILES string of the molecule is Nc1cc(S(=O)(=O)N2CCNC(=O)CC2)ccc1Cl. The fourth-order valence-corrected chi connectivity index (χ4v) is 3.41. The van der Waals surface area contributed by atoms with E-state index in [-0.39, 0.29) is 36.0 Å². The van der Waals surface area contributed by atoms with E-state index in [4.69, 9.17) is 17.3 Å². The van der Waals surface area contributed by atoms with Crippen LogP contribution in [0.1, 0.15) is 6.42 Å². The summed E-state index contributed by atoms with van der Waals surface area (Å²) in [6.07, 6.45) is 0.155. The molecule has 1 heterocycles. The second-order valence-corrected chi connectivity index (χ2v) is 6.53. The molecule has 19 heavy (non-hydrogen) atoms. The normalized spacial score (nSPS) is 17.8. The van der Waals surface area contributed by atoms with Gasteiger partial charge in [-0.1, -0.05) is 11.6 Å². The molecule has 8 heteroatoms. The lowest BCUT2D eigenvalue weighted by molar-refractivity contribution is -0.120. The molecule has 1 fully saturated rings. The van der Waals surface area contributed by atoms with Crippen LogP contribution in [0.15, 0.2) is 23.1 Å². The van der Waals surface area contributed by atoms with E-state index in [0.29, 0.717) is 11.6 Å². The van der Waals surface area contributed by atoms with Gasteiger partial charge in [-0.05, 0) is 18.2 Å². The van der Waals surface area contributed by atoms with Gasteiger partial charge < -0.3 is 11.1 Å². The van der Waals surface area contributed by atoms with Crippen LogP contribution in [0, 0.1) is 0 Å². The Hall–Kier alpha value is -1.31. The van der Waals surface area contributed by atoms with Crippen molar-refractivity contribution in [3.05, 3.63) is 23.2 Å². The summed E-state index contributed by atoms with van der Waals surface area (Å²) < 4.78 is 26.1. The standard InChI is InChI=1S/C11H14ClN3O3S/c12-9-2-1-8(7-10(9)13)19(17,18)15-5-3-11(16)14-4-6-15/h1-2,7H,3-6,13H2,(H,14,16). The molecule has 1 amide bonds. The third kappa shape index (κ3) is 2.99. The third-order valence-corrected chi connectivity index (χ3v) is 5.12. The molecule has 0 spiro atoms. The van der Waals surface area contributed by atoms with Crippen LogP contribution < -0.4 is 11.1 Å². The Morgan fingerprint density at radius 2 is 2.05 bits per heavy atom. The quantitative estimate of drug-likeness (QED) is 0.775. The number of carbonyl (C=O) groups is 1. The van der Waals surface area contributed by atoms with Crippen molar-refractivity contribution in [3.63, 3.8) is 0 Å². The first kappa shape index (κ1) is 14.1. The van der Waals surface area contributed by atoms with Gasteiger partial charge in [-0.2, -0.15) is 4.31 Å². The van der Waals surface area contributed by atoms with Crippen LogP contribution >= 0.6 is 11.6 Å². The fourth-order valence-electron chi connectivity index (χ4n) is 1.82. The van der Waals surface area contributed by atoms with Crippen LogP contribution in [0.2, 0.25) is 5.02 Å². The molecular weight excluding hydrogens is 290 g/mol. The Morgan fingerprint density at radius 1 is 1.32 bits per heavy atom. The van der Waals surface area contributed by atoms with Gasteiger partial charge in [-0.3, -0.25) is 4.79 Å². The van der Waals surface area contributed by atoms with Crippen LogP contribution in [0.25, 0.3) is 0 Å². The van der Waals surface area contributed by atoms with Crippen molar-refractivity contribution in [1.82, 2.24) is 9.62 Å². The molecule has 1 saturated heterocycles. The first-order valence-electron chi connectivity index (χ1n) is 5.73. The van der Waals surface area contributed by atoms with Gasteiger partial charge in [-0.15, -0.1) is 0 Å². The molecule has 0 atom stereocenters. The molecule has 0 aromatic heterocycles. The van der Waals surface area contributed by atoms with Gasteiger partial charge in [0.1, 0.15) is 0 Å². The highest BCUT2D eigenvalue weighted by Gasteiger charge is 2.27. The van der Waals surface area contributed by atoms with E-state index >= 15 is 0 Å². The fraction of sp³-hybridized carbons (Fsp3) is 0.364. The molecular formula is C11H14ClN3O3S. The number of anilines is 1. The summed E-state index contributed by atoms with van der Waals surface area (Å²) >= 11 is 5.77. The average molecular weight is 304 g/mol. The largest absolute Gasteiger partial charge is 0.397 e. The van der Waals surface area contributed by atoms with Gasteiger partial charge in [-0.25, -0.2) is 8.42 Å². The second-order valence-electron chi connectivity index (χ2n) is 4.19. The van der Waals surface area contributed by atoms with Crippen molar-refractivity contribution in [2.45, 2.75) is 11.3 Å². The van der Waals surface area contributed by atoms with Gasteiger partial charge >= 0.3 is 0 Å². The summed E-state index contributed by atoms with van der Waals surface area (Å²) in [4.78, 5) is 11.3. The second kappa shape index (κ2) is 5.36. The maximum absolute atomic E-state index is 12.4. The van der Waals surface area contributed by atoms with E-state index in [9.17, 15) is 13.2 Å². The maximum Gasteiger partial charge on any atom is 0.243 e. The first-order chi connectivity index (χ1) is 8.91. The molecule has 2 rings (SSSR count). The highest BCUT2D eigenvalue weighted by atomic mass is 35.5. The molecule has 6 nitrogen and oxygen atoms in total. The third-order valence-electron chi connectivity index (χ3n) is 2.88. The van der Waals surface area contributed by atoms with Gasteiger partial charge in [0, 0.05) is 26.1 Å². The van der Waals surface area contributed by atoms with E-state index in [1.54, 1.807) is 0 Å². The predicted octanol–water partition coefficient (Wildman–Crippen LogP) is 0.433. The Kier molecular flexibility index (Phi) is 3.98. The summed E-state index contributed by atoms with van der Waals surface area (Å²) in [6, 6.07) is 4.19. The number of nitrogens with zero attached hydrogens (tertiary/aromatic N) is 1. The van der Waals surface area contributed by atoms with E-state index in [2.05, 4.69) is 5.32 Å². The van der Waals surface area contributed by atoms with Crippen molar-refractivity contribution in [2.24, 2.45) is 0 Å². The topological polar surface area (TPSA) is 92.5 Å². The molecule has 1 aliphatic heterocycles. The average Bonchev–Trinajstić information content (AvgIpc) is 2.57. The highest BCUT2D eigenvalue weighted by molar-refractivity contribution is 7.89. The molecule has 1 aromatic rings. The van der Waals surface area contributed by atoms with Crippen LogP contribution in [-0.4, -0.2) is 38.3 Å². The van der Waals surface area contributed by atoms with Crippen LogP contribution in [0.5, 0.6) is 0 Å². The summed E-state index contributed by atoms with van der Waals surface area (Å²) in [5, 5.41) is 2.94. The number of nitrogens with two attached hydrogens (primary N) is 1. The zero-order chi connectivity index (χ0) is 14.0. The van der Waals surface area contributed by atoms with E-state index < -0.39 is 10.0 Å². The van der Waals surface area contributed by atoms with Crippen LogP contribution in [0.4, 0.5) is 5.69 Å². The lowest BCUT2D eigenvalue weighted by atomic mass is 10.3. The Labute approximate surface area is 116 Å². The number of hydrogen-bond donors (Lipinski definition) is 2. The molecule has 104 valence electrons. The van der Waals surface area contributed by atoms with Crippen LogP contribution in [-0.2, 0) is 14.8 Å². The molecule has 0 unspecified atom stereocenters. The number of rotatable bonds is 2. The summed E-state index contributed by atoms with van der Waals surface area (Å²) in [5.41, 5.74) is 5.83. The zero-order valence-electron chi connectivity index (χ0n) is 10.1. The van der Waals surface area contributed by atoms with Crippen LogP contribution in [0.3, 0.4) is 0 Å². The monoisotopic (exact) mass is 303 g/mol. The van der Waals surface area contributed by atoms with Gasteiger partial charge in [0.15, 0.2) is 0 Å². The highest BCUT2D eigenvalue weighted by Crippen LogP contribution is 2.24. The number of nitrogens with one attached hydrogen (secondary N) is 1. The number of amides is 1. The first-order valence-corrected chi connectivity index (χ1v) is 7.55.